The van der Waals surface area contributed by atoms with Gasteiger partial charge in [-0.2, -0.15) is 0 Å². The van der Waals surface area contributed by atoms with Gasteiger partial charge in [-0.25, -0.2) is 9.97 Å². The largest absolute Gasteiger partial charge is 0.455 e. The van der Waals surface area contributed by atoms with Crippen LogP contribution >= 0.6 is 0 Å². The van der Waals surface area contributed by atoms with Crippen LogP contribution in [0.4, 0.5) is 17.3 Å². The van der Waals surface area contributed by atoms with Crippen molar-refractivity contribution in [3.63, 3.8) is 0 Å². The Balaban J connectivity index is 1.51. The van der Waals surface area contributed by atoms with E-state index in [4.69, 9.17) is 4.74 Å². The molecule has 0 radical (unpaired) electrons. The van der Waals surface area contributed by atoms with E-state index >= 15 is 0 Å². The molecule has 4 rings (SSSR count). The van der Waals surface area contributed by atoms with Gasteiger partial charge >= 0.3 is 0 Å². The molecule has 0 aliphatic rings. The Morgan fingerprint density at radius 2 is 1.59 bits per heavy atom. The topological polar surface area (TPSA) is 72.0 Å². The van der Waals surface area contributed by atoms with E-state index in [1.165, 1.54) is 0 Å². The number of nitrogens with zero attached hydrogens (tertiary/aromatic N) is 3. The number of para-hydroxylation sites is 3. The first-order chi connectivity index (χ1) is 14.3. The molecule has 2 aromatic carbocycles. The van der Waals surface area contributed by atoms with Crippen LogP contribution in [-0.4, -0.2) is 15.0 Å². The molecule has 0 bridgehead atoms. The van der Waals surface area contributed by atoms with E-state index in [0.29, 0.717) is 18.2 Å². The first-order valence-electron chi connectivity index (χ1n) is 9.35. The van der Waals surface area contributed by atoms with Crippen molar-refractivity contribution in [3.8, 4) is 11.5 Å². The monoisotopic (exact) mass is 383 g/mol. The van der Waals surface area contributed by atoms with E-state index in [-0.39, 0.29) is 0 Å². The Kier molecular flexibility index (Phi) is 5.62. The van der Waals surface area contributed by atoms with Crippen molar-refractivity contribution in [2.75, 3.05) is 10.6 Å². The van der Waals surface area contributed by atoms with Crippen molar-refractivity contribution in [1.29, 1.82) is 0 Å². The molecule has 2 aromatic heterocycles. The molecule has 0 aliphatic carbocycles. The second-order valence-electron chi connectivity index (χ2n) is 6.40. The summed E-state index contributed by atoms with van der Waals surface area (Å²) in [6.07, 6.45) is 1.78. The van der Waals surface area contributed by atoms with Crippen LogP contribution in [0.15, 0.2) is 85.1 Å². The number of ether oxygens (including phenoxy) is 1. The third-order valence-corrected chi connectivity index (χ3v) is 4.14. The lowest BCUT2D eigenvalue weighted by molar-refractivity contribution is 0.485. The fourth-order valence-corrected chi connectivity index (χ4v) is 2.82. The third kappa shape index (κ3) is 5.07. The van der Waals surface area contributed by atoms with Crippen LogP contribution in [0.1, 0.15) is 11.5 Å². The molecule has 2 N–H and O–H groups in total. The predicted molar refractivity (Wildman–Crippen MR) is 115 cm³/mol. The summed E-state index contributed by atoms with van der Waals surface area (Å²) in [5, 5.41) is 6.64. The first-order valence-corrected chi connectivity index (χ1v) is 9.35. The van der Waals surface area contributed by atoms with Crippen LogP contribution < -0.4 is 15.4 Å². The summed E-state index contributed by atoms with van der Waals surface area (Å²) in [5.74, 6) is 3.58. The number of nitrogens with one attached hydrogen (secondary N) is 2. The third-order valence-electron chi connectivity index (χ3n) is 4.14. The zero-order valence-corrected chi connectivity index (χ0v) is 16.0. The summed E-state index contributed by atoms with van der Waals surface area (Å²) in [7, 11) is 0. The smallest absolute Gasteiger partial charge is 0.150 e. The van der Waals surface area contributed by atoms with E-state index in [1.807, 2.05) is 85.8 Å². The highest BCUT2D eigenvalue weighted by Gasteiger charge is 2.08. The van der Waals surface area contributed by atoms with Crippen LogP contribution in [0.2, 0.25) is 0 Å². The average Bonchev–Trinajstić information content (AvgIpc) is 2.75. The average molecular weight is 383 g/mol. The van der Waals surface area contributed by atoms with E-state index < -0.39 is 0 Å². The van der Waals surface area contributed by atoms with E-state index in [2.05, 4.69) is 25.6 Å². The summed E-state index contributed by atoms with van der Waals surface area (Å²) < 4.78 is 6.02. The summed E-state index contributed by atoms with van der Waals surface area (Å²) >= 11 is 0. The number of rotatable bonds is 7. The Labute approximate surface area is 169 Å². The zero-order chi connectivity index (χ0) is 19.9. The SMILES string of the molecule is Cc1nc(NCc2ccccn2)cc(Nc2ccccc2Oc2ccccc2)n1. The molecule has 0 spiro atoms. The number of anilines is 3. The minimum atomic E-state index is 0.588. The van der Waals surface area contributed by atoms with Crippen LogP contribution in [0.25, 0.3) is 0 Å². The van der Waals surface area contributed by atoms with Gasteiger partial charge < -0.3 is 15.4 Å². The molecule has 6 nitrogen and oxygen atoms in total. The maximum Gasteiger partial charge on any atom is 0.150 e. The second kappa shape index (κ2) is 8.84. The molecule has 0 atom stereocenters. The maximum atomic E-state index is 6.02. The highest BCUT2D eigenvalue weighted by atomic mass is 16.5. The number of hydrogen-bond acceptors (Lipinski definition) is 6. The van der Waals surface area contributed by atoms with Crippen molar-refractivity contribution in [2.45, 2.75) is 13.5 Å². The van der Waals surface area contributed by atoms with E-state index in [1.54, 1.807) is 6.20 Å². The molecule has 2 heterocycles. The maximum absolute atomic E-state index is 6.02. The minimum Gasteiger partial charge on any atom is -0.455 e. The summed E-state index contributed by atoms with van der Waals surface area (Å²) in [4.78, 5) is 13.3. The van der Waals surface area contributed by atoms with Gasteiger partial charge in [-0.1, -0.05) is 36.4 Å². The van der Waals surface area contributed by atoms with Gasteiger partial charge in [0.1, 0.15) is 23.2 Å². The molecular weight excluding hydrogens is 362 g/mol. The Morgan fingerprint density at radius 1 is 0.828 bits per heavy atom. The van der Waals surface area contributed by atoms with Crippen LogP contribution in [0.3, 0.4) is 0 Å². The molecule has 4 aromatic rings. The quantitative estimate of drug-likeness (QED) is 0.449. The number of hydrogen-bond donors (Lipinski definition) is 2. The van der Waals surface area contributed by atoms with Gasteiger partial charge in [0.25, 0.3) is 0 Å². The fraction of sp³-hybridized carbons (Fsp3) is 0.0870. The van der Waals surface area contributed by atoms with Crippen molar-refractivity contribution < 1.29 is 4.74 Å². The summed E-state index contributed by atoms with van der Waals surface area (Å²) in [6, 6.07) is 25.2. The molecule has 0 unspecified atom stereocenters. The molecule has 0 fully saturated rings. The molecular formula is C23H21N5O. The molecule has 29 heavy (non-hydrogen) atoms. The van der Waals surface area contributed by atoms with Crippen molar-refractivity contribution in [2.24, 2.45) is 0 Å². The van der Waals surface area contributed by atoms with Gasteiger partial charge in [0.2, 0.25) is 0 Å². The van der Waals surface area contributed by atoms with Gasteiger partial charge in [0.15, 0.2) is 5.75 Å². The molecule has 0 amide bonds. The summed E-state index contributed by atoms with van der Waals surface area (Å²) in [5.41, 5.74) is 1.77. The van der Waals surface area contributed by atoms with Crippen LogP contribution in [0, 0.1) is 6.92 Å². The highest BCUT2D eigenvalue weighted by Crippen LogP contribution is 2.31. The lowest BCUT2D eigenvalue weighted by atomic mass is 10.3. The Bertz CT molecular complexity index is 1070. The van der Waals surface area contributed by atoms with E-state index in [0.717, 1.165) is 28.7 Å². The molecule has 0 saturated carbocycles. The number of aryl methyl sites for hydroxylation is 1. The zero-order valence-electron chi connectivity index (χ0n) is 16.0. The van der Waals surface area contributed by atoms with Gasteiger partial charge in [0.05, 0.1) is 17.9 Å². The van der Waals surface area contributed by atoms with Gasteiger partial charge in [-0.3, -0.25) is 4.98 Å². The van der Waals surface area contributed by atoms with Crippen LogP contribution in [0.5, 0.6) is 11.5 Å². The van der Waals surface area contributed by atoms with E-state index in [9.17, 15) is 0 Å². The van der Waals surface area contributed by atoms with Gasteiger partial charge in [0, 0.05) is 12.3 Å². The lowest BCUT2D eigenvalue weighted by Crippen LogP contribution is -2.06. The lowest BCUT2D eigenvalue weighted by Gasteiger charge is -2.14. The first kappa shape index (κ1) is 18.4. The van der Waals surface area contributed by atoms with Crippen molar-refractivity contribution in [3.05, 3.63) is 96.6 Å². The summed E-state index contributed by atoms with van der Waals surface area (Å²) in [6.45, 7) is 2.45. The van der Waals surface area contributed by atoms with Gasteiger partial charge in [-0.15, -0.1) is 0 Å². The standard InChI is InChI=1S/C23H21N5O/c1-17-26-22(25-16-18-9-7-8-14-24-18)15-23(27-17)28-20-12-5-6-13-21(20)29-19-10-3-2-4-11-19/h2-15H,16H2,1H3,(H2,25,26,27,28). The number of pyridine rings is 1. The second-order valence-corrected chi connectivity index (χ2v) is 6.40. The molecule has 0 saturated heterocycles. The fourth-order valence-electron chi connectivity index (χ4n) is 2.82. The van der Waals surface area contributed by atoms with Crippen LogP contribution in [-0.2, 0) is 6.54 Å². The minimum absolute atomic E-state index is 0.588. The molecule has 6 heteroatoms. The normalized spacial score (nSPS) is 10.4. The predicted octanol–water partition coefficient (Wildman–Crippen LogP) is 5.33. The molecule has 144 valence electrons. The Morgan fingerprint density at radius 3 is 2.41 bits per heavy atom. The van der Waals surface area contributed by atoms with Gasteiger partial charge in [-0.05, 0) is 43.3 Å². The van der Waals surface area contributed by atoms with Crippen molar-refractivity contribution in [1.82, 2.24) is 15.0 Å². The number of aromatic nitrogens is 3. The Hall–Kier alpha value is -3.93. The van der Waals surface area contributed by atoms with Crippen molar-refractivity contribution >= 4 is 17.3 Å². The number of benzene rings is 2. The molecule has 0 aliphatic heterocycles. The highest BCUT2D eigenvalue weighted by molar-refractivity contribution is 5.66.